The number of rotatable bonds is 5. The summed E-state index contributed by atoms with van der Waals surface area (Å²) < 4.78 is 26.4. The zero-order valence-electron chi connectivity index (χ0n) is 16.3. The molecule has 0 radical (unpaired) electrons. The molecule has 1 aliphatic heterocycles. The molecular weight excluding hydrogens is 401 g/mol. The van der Waals surface area contributed by atoms with Crippen LogP contribution in [0.15, 0.2) is 67.0 Å². The largest absolute Gasteiger partial charge is 0.486 e. The van der Waals surface area contributed by atoms with Gasteiger partial charge in [-0.15, -0.1) is 0 Å². The molecule has 5 rings (SSSR count). The van der Waals surface area contributed by atoms with E-state index in [-0.39, 0.29) is 23.5 Å². The first-order valence-electron chi connectivity index (χ1n) is 9.68. The number of hydrogen-bond donors (Lipinski definition) is 2. The summed E-state index contributed by atoms with van der Waals surface area (Å²) in [6.07, 6.45) is 3.09. The van der Waals surface area contributed by atoms with Crippen molar-refractivity contribution in [2.45, 2.75) is 12.6 Å². The second kappa shape index (κ2) is 7.94. The number of aromatic amines is 1. The first-order chi connectivity index (χ1) is 15.1. The minimum atomic E-state index is -0.355. The van der Waals surface area contributed by atoms with Crippen molar-refractivity contribution >= 4 is 11.6 Å². The van der Waals surface area contributed by atoms with E-state index in [1.807, 2.05) is 24.3 Å². The van der Waals surface area contributed by atoms with Crippen LogP contribution in [0.25, 0.3) is 11.3 Å². The van der Waals surface area contributed by atoms with Crippen molar-refractivity contribution in [3.8, 4) is 22.8 Å². The van der Waals surface area contributed by atoms with Crippen molar-refractivity contribution in [2.75, 3.05) is 11.9 Å². The van der Waals surface area contributed by atoms with Gasteiger partial charge in [0.05, 0.1) is 24.1 Å². The van der Waals surface area contributed by atoms with Crippen LogP contribution in [0, 0.1) is 5.82 Å². The van der Waals surface area contributed by atoms with Crippen molar-refractivity contribution in [2.24, 2.45) is 0 Å². The summed E-state index contributed by atoms with van der Waals surface area (Å²) in [6, 6.07) is 15.0. The molecule has 1 aliphatic rings. The molecule has 4 aromatic rings. The number of halogens is 1. The Kier molecular flexibility index (Phi) is 4.83. The van der Waals surface area contributed by atoms with Crippen LogP contribution in [0.2, 0.25) is 0 Å². The fourth-order valence-electron chi connectivity index (χ4n) is 3.29. The summed E-state index contributed by atoms with van der Waals surface area (Å²) in [5.41, 5.74) is 2.09. The van der Waals surface area contributed by atoms with Crippen molar-refractivity contribution in [1.82, 2.24) is 20.0 Å². The predicted octanol–water partition coefficient (Wildman–Crippen LogP) is 3.50. The van der Waals surface area contributed by atoms with Gasteiger partial charge in [-0.3, -0.25) is 14.6 Å². The van der Waals surface area contributed by atoms with Crippen molar-refractivity contribution in [3.05, 3.63) is 78.5 Å². The minimum Gasteiger partial charge on any atom is -0.486 e. The van der Waals surface area contributed by atoms with Gasteiger partial charge in [0.15, 0.2) is 17.6 Å². The summed E-state index contributed by atoms with van der Waals surface area (Å²) in [5.74, 6) is 0.748. The van der Waals surface area contributed by atoms with E-state index in [4.69, 9.17) is 9.47 Å². The average Bonchev–Trinajstić information content (AvgIpc) is 3.44. The van der Waals surface area contributed by atoms with E-state index in [1.165, 1.54) is 12.1 Å². The Bertz CT molecular complexity index is 1220. The van der Waals surface area contributed by atoms with Gasteiger partial charge >= 0.3 is 0 Å². The van der Waals surface area contributed by atoms with Crippen LogP contribution in [0.3, 0.4) is 0 Å². The summed E-state index contributed by atoms with van der Waals surface area (Å²) in [7, 11) is 0. The SMILES string of the molecule is O=C(Nc1cnn(C[C@H]2COc3ccccc3O2)c1)c1cc(-c2ccc(F)cc2)n[nH]1. The number of H-pyrrole nitrogens is 1. The fraction of sp³-hybridized carbons (Fsp3) is 0.136. The van der Waals surface area contributed by atoms with Crippen molar-refractivity contribution in [3.63, 3.8) is 0 Å². The van der Waals surface area contributed by atoms with E-state index in [9.17, 15) is 9.18 Å². The maximum Gasteiger partial charge on any atom is 0.273 e. The van der Waals surface area contributed by atoms with Crippen molar-refractivity contribution < 1.29 is 18.7 Å². The van der Waals surface area contributed by atoms with Gasteiger partial charge in [0.2, 0.25) is 0 Å². The van der Waals surface area contributed by atoms with Crippen LogP contribution in [-0.4, -0.2) is 38.6 Å². The third kappa shape index (κ3) is 4.11. The lowest BCUT2D eigenvalue weighted by molar-refractivity contribution is 0.0759. The highest BCUT2D eigenvalue weighted by atomic mass is 19.1. The molecule has 156 valence electrons. The van der Waals surface area contributed by atoms with Crippen LogP contribution >= 0.6 is 0 Å². The molecule has 31 heavy (non-hydrogen) atoms. The van der Waals surface area contributed by atoms with Gasteiger partial charge in [0, 0.05) is 11.8 Å². The molecular formula is C22H18FN5O3. The number of hydrogen-bond acceptors (Lipinski definition) is 5. The van der Waals surface area contributed by atoms with E-state index in [2.05, 4.69) is 20.6 Å². The Labute approximate surface area is 176 Å². The molecule has 2 aromatic heterocycles. The summed E-state index contributed by atoms with van der Waals surface area (Å²) >= 11 is 0. The van der Waals surface area contributed by atoms with Gasteiger partial charge in [-0.2, -0.15) is 10.2 Å². The third-order valence-electron chi connectivity index (χ3n) is 4.81. The highest BCUT2D eigenvalue weighted by Crippen LogP contribution is 2.31. The van der Waals surface area contributed by atoms with E-state index < -0.39 is 0 Å². The third-order valence-corrected chi connectivity index (χ3v) is 4.81. The molecule has 2 N–H and O–H groups in total. The number of nitrogens with one attached hydrogen (secondary N) is 2. The molecule has 0 saturated carbocycles. The Hall–Kier alpha value is -4.14. The number of ether oxygens (including phenoxy) is 2. The zero-order valence-corrected chi connectivity index (χ0v) is 16.3. The van der Waals surface area contributed by atoms with Crippen LogP contribution in [0.5, 0.6) is 11.5 Å². The number of benzene rings is 2. The maximum absolute atomic E-state index is 13.1. The molecule has 1 amide bonds. The van der Waals surface area contributed by atoms with Crippen molar-refractivity contribution in [1.29, 1.82) is 0 Å². The normalized spacial score (nSPS) is 14.9. The Morgan fingerprint density at radius 1 is 1.19 bits per heavy atom. The van der Waals surface area contributed by atoms with E-state index in [0.29, 0.717) is 35.8 Å². The molecule has 9 heteroatoms. The van der Waals surface area contributed by atoms with Gasteiger partial charge in [0.25, 0.3) is 5.91 Å². The van der Waals surface area contributed by atoms with Crippen LogP contribution in [0.1, 0.15) is 10.5 Å². The summed E-state index contributed by atoms with van der Waals surface area (Å²) in [4.78, 5) is 12.5. The van der Waals surface area contributed by atoms with Gasteiger partial charge in [-0.25, -0.2) is 4.39 Å². The first-order valence-corrected chi connectivity index (χ1v) is 9.68. The number of amides is 1. The standard InChI is InChI=1S/C22H18FN5O3/c23-15-7-5-14(6-8-15)18-9-19(27-26-18)22(29)25-16-10-24-28(11-16)12-17-13-30-20-3-1-2-4-21(20)31-17/h1-11,17H,12-13H2,(H,25,29)(H,26,27)/t17-/m0/s1. The molecule has 0 fully saturated rings. The topological polar surface area (TPSA) is 94.1 Å². The van der Waals surface area contributed by atoms with Crippen LogP contribution in [-0.2, 0) is 6.54 Å². The molecule has 1 atom stereocenters. The molecule has 0 bridgehead atoms. The molecule has 0 aliphatic carbocycles. The highest BCUT2D eigenvalue weighted by molar-refractivity contribution is 6.03. The average molecular weight is 419 g/mol. The van der Waals surface area contributed by atoms with E-state index >= 15 is 0 Å². The van der Waals surface area contributed by atoms with Gasteiger partial charge < -0.3 is 14.8 Å². The first kappa shape index (κ1) is 18.9. The monoisotopic (exact) mass is 419 g/mol. The van der Waals surface area contributed by atoms with Crippen LogP contribution < -0.4 is 14.8 Å². The van der Waals surface area contributed by atoms with Crippen LogP contribution in [0.4, 0.5) is 10.1 Å². The Morgan fingerprint density at radius 3 is 2.84 bits per heavy atom. The Balaban J connectivity index is 1.21. The molecule has 0 saturated heterocycles. The maximum atomic E-state index is 13.1. The lowest BCUT2D eigenvalue weighted by Gasteiger charge is -2.26. The number of anilines is 1. The lowest BCUT2D eigenvalue weighted by atomic mass is 10.1. The smallest absolute Gasteiger partial charge is 0.273 e. The quantitative estimate of drug-likeness (QED) is 0.516. The molecule has 8 nitrogen and oxygen atoms in total. The number of carbonyl (C=O) groups is 1. The summed E-state index contributed by atoms with van der Waals surface area (Å²) in [6.45, 7) is 0.891. The van der Waals surface area contributed by atoms with E-state index in [1.54, 1.807) is 35.3 Å². The lowest BCUT2D eigenvalue weighted by Crippen LogP contribution is -2.33. The number of para-hydroxylation sites is 2. The number of nitrogens with zero attached hydrogens (tertiary/aromatic N) is 3. The zero-order chi connectivity index (χ0) is 21.2. The van der Waals surface area contributed by atoms with Gasteiger partial charge in [0.1, 0.15) is 18.1 Å². The number of fused-ring (bicyclic) bond motifs is 1. The van der Waals surface area contributed by atoms with E-state index in [0.717, 1.165) is 5.75 Å². The molecule has 2 aromatic carbocycles. The number of carbonyl (C=O) groups excluding carboxylic acids is 1. The molecule has 0 unspecified atom stereocenters. The molecule has 0 spiro atoms. The predicted molar refractivity (Wildman–Crippen MR) is 111 cm³/mol. The fourth-order valence-corrected chi connectivity index (χ4v) is 3.29. The number of aromatic nitrogens is 4. The second-order valence-corrected chi connectivity index (χ2v) is 7.08. The van der Waals surface area contributed by atoms with Gasteiger partial charge in [-0.05, 0) is 42.5 Å². The molecule has 3 heterocycles. The van der Waals surface area contributed by atoms with Gasteiger partial charge in [-0.1, -0.05) is 12.1 Å². The second-order valence-electron chi connectivity index (χ2n) is 7.08. The highest BCUT2D eigenvalue weighted by Gasteiger charge is 2.21. The Morgan fingerprint density at radius 2 is 2.00 bits per heavy atom. The summed E-state index contributed by atoms with van der Waals surface area (Å²) in [5, 5.41) is 13.9. The minimum absolute atomic E-state index is 0.191.